The van der Waals surface area contributed by atoms with Crippen molar-refractivity contribution in [1.29, 1.82) is 0 Å². The average molecular weight is 459 g/mol. The van der Waals surface area contributed by atoms with E-state index in [9.17, 15) is 17.6 Å². The highest BCUT2D eigenvalue weighted by atomic mass is 32.2. The Bertz CT molecular complexity index is 1200. The number of aryl methyl sites for hydroxylation is 1. The zero-order chi connectivity index (χ0) is 23.1. The highest BCUT2D eigenvalue weighted by molar-refractivity contribution is 7.92. The molecule has 0 heterocycles. The zero-order valence-electron chi connectivity index (χ0n) is 17.6. The van der Waals surface area contributed by atoms with Gasteiger partial charge in [0, 0.05) is 12.1 Å². The molecule has 0 bridgehead atoms. The van der Waals surface area contributed by atoms with Crippen molar-refractivity contribution in [1.82, 2.24) is 0 Å². The first-order valence-corrected chi connectivity index (χ1v) is 11.2. The fourth-order valence-electron chi connectivity index (χ4n) is 3.03. The van der Waals surface area contributed by atoms with Crippen LogP contribution in [0.15, 0.2) is 71.6 Å². The number of rotatable bonds is 9. The van der Waals surface area contributed by atoms with Crippen LogP contribution in [0.5, 0.6) is 11.5 Å². The second kappa shape index (κ2) is 10.1. The van der Waals surface area contributed by atoms with E-state index in [1.807, 2.05) is 6.07 Å². The van der Waals surface area contributed by atoms with Gasteiger partial charge in [0.2, 0.25) is 5.91 Å². The van der Waals surface area contributed by atoms with Gasteiger partial charge in [-0.3, -0.25) is 9.52 Å². The molecule has 3 rings (SSSR count). The molecule has 0 saturated carbocycles. The van der Waals surface area contributed by atoms with Crippen LogP contribution in [0.25, 0.3) is 0 Å². The molecule has 3 aromatic carbocycles. The molecule has 0 unspecified atom stereocenters. The summed E-state index contributed by atoms with van der Waals surface area (Å²) in [5.74, 6) is 0.557. The standard InChI is InChI=1S/C23H23FN2O5S/c1-30-20-9-12-22(31-2)16(14-20)6-13-23(27)25-18-7-10-21(11-8-18)32(28,29)26-19-5-3-4-17(24)15-19/h3-5,7-12,14-15,26H,6,13H2,1-2H3,(H,25,27). The number of carbonyl (C=O) groups excluding carboxylic acids is 1. The summed E-state index contributed by atoms with van der Waals surface area (Å²) in [7, 11) is -0.766. The summed E-state index contributed by atoms with van der Waals surface area (Å²) in [5, 5.41) is 2.74. The van der Waals surface area contributed by atoms with Gasteiger partial charge in [0.15, 0.2) is 0 Å². The number of nitrogens with one attached hydrogen (secondary N) is 2. The Morgan fingerprint density at radius 3 is 2.34 bits per heavy atom. The molecule has 168 valence electrons. The van der Waals surface area contributed by atoms with Crippen LogP contribution in [0.3, 0.4) is 0 Å². The van der Waals surface area contributed by atoms with Crippen molar-refractivity contribution in [2.45, 2.75) is 17.7 Å². The summed E-state index contributed by atoms with van der Waals surface area (Å²) in [6.07, 6.45) is 0.640. The maximum absolute atomic E-state index is 13.3. The Kier molecular flexibility index (Phi) is 7.32. The minimum atomic E-state index is -3.89. The fourth-order valence-corrected chi connectivity index (χ4v) is 4.08. The van der Waals surface area contributed by atoms with Gasteiger partial charge >= 0.3 is 0 Å². The largest absolute Gasteiger partial charge is 0.497 e. The number of amides is 1. The lowest BCUT2D eigenvalue weighted by molar-refractivity contribution is -0.116. The van der Waals surface area contributed by atoms with Gasteiger partial charge in [-0.1, -0.05) is 6.07 Å². The van der Waals surface area contributed by atoms with Gasteiger partial charge in [-0.25, -0.2) is 12.8 Å². The molecule has 3 aromatic rings. The molecule has 0 aliphatic heterocycles. The molecule has 2 N–H and O–H groups in total. The van der Waals surface area contributed by atoms with Crippen molar-refractivity contribution >= 4 is 27.3 Å². The summed E-state index contributed by atoms with van der Waals surface area (Å²) < 4.78 is 51.1. The van der Waals surface area contributed by atoms with E-state index < -0.39 is 15.8 Å². The number of carbonyl (C=O) groups is 1. The number of halogens is 1. The predicted molar refractivity (Wildman–Crippen MR) is 120 cm³/mol. The molecule has 0 fully saturated rings. The molecule has 0 spiro atoms. The molecule has 0 aliphatic rings. The van der Waals surface area contributed by atoms with E-state index in [-0.39, 0.29) is 22.9 Å². The Hall–Kier alpha value is -3.59. The van der Waals surface area contributed by atoms with E-state index in [1.54, 1.807) is 26.4 Å². The first-order valence-electron chi connectivity index (χ1n) is 9.70. The monoisotopic (exact) mass is 458 g/mol. The number of hydrogen-bond acceptors (Lipinski definition) is 5. The van der Waals surface area contributed by atoms with Crippen molar-refractivity contribution in [3.05, 3.63) is 78.1 Å². The summed E-state index contributed by atoms with van der Waals surface area (Å²) in [6.45, 7) is 0. The smallest absolute Gasteiger partial charge is 0.261 e. The number of benzene rings is 3. The topological polar surface area (TPSA) is 93.7 Å². The van der Waals surface area contributed by atoms with Crippen LogP contribution < -0.4 is 19.5 Å². The normalized spacial score (nSPS) is 11.0. The number of anilines is 2. The van der Waals surface area contributed by atoms with Crippen molar-refractivity contribution in [2.75, 3.05) is 24.3 Å². The minimum absolute atomic E-state index is 0.0131. The third kappa shape index (κ3) is 5.98. The minimum Gasteiger partial charge on any atom is -0.497 e. The second-order valence-electron chi connectivity index (χ2n) is 6.87. The molecule has 0 atom stereocenters. The Morgan fingerprint density at radius 1 is 0.938 bits per heavy atom. The van der Waals surface area contributed by atoms with Crippen LogP contribution in [0.2, 0.25) is 0 Å². The van der Waals surface area contributed by atoms with E-state index >= 15 is 0 Å². The van der Waals surface area contributed by atoms with Crippen LogP contribution in [0, 0.1) is 5.82 Å². The van der Waals surface area contributed by atoms with E-state index in [2.05, 4.69) is 10.0 Å². The molecular weight excluding hydrogens is 435 g/mol. The molecule has 7 nitrogen and oxygen atoms in total. The van der Waals surface area contributed by atoms with E-state index in [0.717, 1.165) is 11.6 Å². The lowest BCUT2D eigenvalue weighted by atomic mass is 10.1. The first-order chi connectivity index (χ1) is 15.3. The van der Waals surface area contributed by atoms with Crippen molar-refractivity contribution in [2.24, 2.45) is 0 Å². The van der Waals surface area contributed by atoms with Crippen LogP contribution >= 0.6 is 0 Å². The summed E-state index contributed by atoms with van der Waals surface area (Å²) in [5.41, 5.74) is 1.42. The molecule has 0 saturated heterocycles. The number of hydrogen-bond donors (Lipinski definition) is 2. The highest BCUT2D eigenvalue weighted by Crippen LogP contribution is 2.25. The van der Waals surface area contributed by atoms with Crippen molar-refractivity contribution in [3.63, 3.8) is 0 Å². The predicted octanol–water partition coefficient (Wildman–Crippen LogP) is 4.22. The van der Waals surface area contributed by atoms with Crippen molar-refractivity contribution in [3.8, 4) is 11.5 Å². The Balaban J connectivity index is 1.61. The van der Waals surface area contributed by atoms with E-state index in [0.29, 0.717) is 23.6 Å². The maximum Gasteiger partial charge on any atom is 0.261 e. The lowest BCUT2D eigenvalue weighted by Gasteiger charge is -2.11. The van der Waals surface area contributed by atoms with Gasteiger partial charge in [0.05, 0.1) is 24.8 Å². The van der Waals surface area contributed by atoms with Crippen LogP contribution in [0.1, 0.15) is 12.0 Å². The first kappa shape index (κ1) is 23.1. The van der Waals surface area contributed by atoms with Crippen LogP contribution in [-0.4, -0.2) is 28.5 Å². The van der Waals surface area contributed by atoms with Gasteiger partial charge in [-0.2, -0.15) is 0 Å². The van der Waals surface area contributed by atoms with E-state index in [1.165, 1.54) is 42.5 Å². The number of sulfonamides is 1. The van der Waals surface area contributed by atoms with Gasteiger partial charge in [-0.15, -0.1) is 0 Å². The number of methoxy groups -OCH3 is 2. The van der Waals surface area contributed by atoms with E-state index in [4.69, 9.17) is 9.47 Å². The third-order valence-electron chi connectivity index (χ3n) is 4.63. The molecule has 0 aliphatic carbocycles. The van der Waals surface area contributed by atoms with Gasteiger partial charge in [0.25, 0.3) is 10.0 Å². The Labute approximate surface area is 186 Å². The molecule has 9 heteroatoms. The molecule has 32 heavy (non-hydrogen) atoms. The Morgan fingerprint density at radius 2 is 1.69 bits per heavy atom. The summed E-state index contributed by atoms with van der Waals surface area (Å²) >= 11 is 0. The summed E-state index contributed by atoms with van der Waals surface area (Å²) in [6, 6.07) is 16.3. The number of ether oxygens (including phenoxy) is 2. The summed E-state index contributed by atoms with van der Waals surface area (Å²) in [4.78, 5) is 12.3. The SMILES string of the molecule is COc1ccc(OC)c(CCC(=O)Nc2ccc(S(=O)(=O)Nc3cccc(F)c3)cc2)c1. The van der Waals surface area contributed by atoms with Crippen LogP contribution in [-0.2, 0) is 21.2 Å². The quantitative estimate of drug-likeness (QED) is 0.501. The average Bonchev–Trinajstić information content (AvgIpc) is 2.77. The zero-order valence-corrected chi connectivity index (χ0v) is 18.4. The van der Waals surface area contributed by atoms with Crippen LogP contribution in [0.4, 0.5) is 15.8 Å². The maximum atomic E-state index is 13.3. The molecule has 0 aromatic heterocycles. The van der Waals surface area contributed by atoms with Gasteiger partial charge < -0.3 is 14.8 Å². The molecule has 0 radical (unpaired) electrons. The van der Waals surface area contributed by atoms with Gasteiger partial charge in [-0.05, 0) is 72.6 Å². The van der Waals surface area contributed by atoms with Crippen molar-refractivity contribution < 1.29 is 27.1 Å². The molecular formula is C23H23FN2O5S. The van der Waals surface area contributed by atoms with Gasteiger partial charge in [0.1, 0.15) is 17.3 Å². The second-order valence-corrected chi connectivity index (χ2v) is 8.55. The highest BCUT2D eigenvalue weighted by Gasteiger charge is 2.15. The molecule has 1 amide bonds. The third-order valence-corrected chi connectivity index (χ3v) is 6.03. The lowest BCUT2D eigenvalue weighted by Crippen LogP contribution is -2.14. The fraction of sp³-hybridized carbons (Fsp3) is 0.174.